The molecule has 1 unspecified atom stereocenters. The van der Waals surface area contributed by atoms with E-state index in [9.17, 15) is 12.8 Å². The van der Waals surface area contributed by atoms with Crippen LogP contribution in [-0.4, -0.2) is 34.8 Å². The first kappa shape index (κ1) is 20.6. The molecule has 4 rings (SSSR count). The van der Waals surface area contributed by atoms with E-state index in [1.807, 2.05) is 6.07 Å². The van der Waals surface area contributed by atoms with Gasteiger partial charge in [0.15, 0.2) is 0 Å². The molecular weight excluding hydrogens is 421 g/mol. The molecule has 10 heteroatoms. The summed E-state index contributed by atoms with van der Waals surface area (Å²) in [5.74, 6) is 0.0759. The minimum Gasteiger partial charge on any atom is -0.427 e. The lowest BCUT2D eigenvalue weighted by molar-refractivity contribution is 0.405. The van der Waals surface area contributed by atoms with Gasteiger partial charge in [-0.05, 0) is 41.5 Å². The highest BCUT2D eigenvalue weighted by molar-refractivity contribution is 7.92. The SMILES string of the molecule is CS(=O)(=O)Nc1cccc(CC(c2ccc(F)cc2)(c2cccnc2)c2nnco2)n1. The van der Waals surface area contributed by atoms with E-state index in [0.29, 0.717) is 11.3 Å². The Balaban J connectivity index is 1.91. The average molecular weight is 439 g/mol. The molecule has 8 nitrogen and oxygen atoms in total. The molecule has 1 aromatic carbocycles. The lowest BCUT2D eigenvalue weighted by atomic mass is 9.71. The van der Waals surface area contributed by atoms with Gasteiger partial charge in [0.05, 0.1) is 6.26 Å². The van der Waals surface area contributed by atoms with Crippen molar-refractivity contribution < 1.29 is 17.2 Å². The zero-order valence-electron chi connectivity index (χ0n) is 16.4. The zero-order chi connectivity index (χ0) is 21.9. The minimum atomic E-state index is -3.49. The van der Waals surface area contributed by atoms with Crippen molar-refractivity contribution >= 4 is 15.8 Å². The molecule has 1 N–H and O–H groups in total. The van der Waals surface area contributed by atoms with Gasteiger partial charge >= 0.3 is 0 Å². The normalized spacial score (nSPS) is 13.5. The van der Waals surface area contributed by atoms with Crippen molar-refractivity contribution in [2.75, 3.05) is 11.0 Å². The maximum absolute atomic E-state index is 13.7. The molecule has 3 heterocycles. The lowest BCUT2D eigenvalue weighted by Gasteiger charge is -2.31. The predicted octanol–water partition coefficient (Wildman–Crippen LogP) is 2.95. The summed E-state index contributed by atoms with van der Waals surface area (Å²) in [6.45, 7) is 0. The van der Waals surface area contributed by atoms with Crippen molar-refractivity contribution in [2.45, 2.75) is 11.8 Å². The van der Waals surface area contributed by atoms with E-state index in [-0.39, 0.29) is 23.9 Å². The van der Waals surface area contributed by atoms with E-state index in [1.165, 1.54) is 18.5 Å². The van der Waals surface area contributed by atoms with Crippen LogP contribution in [0.15, 0.2) is 77.8 Å². The van der Waals surface area contributed by atoms with Crippen LogP contribution in [0.25, 0.3) is 0 Å². The first-order valence-electron chi connectivity index (χ1n) is 9.24. The standard InChI is InChI=1S/C21H18FN5O3S/c1-31(28,29)27-19-6-2-5-18(25-19)12-21(20-26-24-14-30-20,16-4-3-11-23-13-16)15-7-9-17(22)10-8-15/h2-11,13-14H,12H2,1H3,(H,25,27). The molecule has 3 aromatic heterocycles. The fraction of sp³-hybridized carbons (Fsp3) is 0.143. The maximum Gasteiger partial charge on any atom is 0.231 e. The molecule has 0 saturated carbocycles. The first-order chi connectivity index (χ1) is 14.9. The highest BCUT2D eigenvalue weighted by Gasteiger charge is 2.42. The van der Waals surface area contributed by atoms with E-state index in [4.69, 9.17) is 4.42 Å². The molecule has 1 atom stereocenters. The number of benzene rings is 1. The Morgan fingerprint density at radius 3 is 2.52 bits per heavy atom. The summed E-state index contributed by atoms with van der Waals surface area (Å²) in [5, 5.41) is 8.01. The Hall–Kier alpha value is -3.66. The van der Waals surface area contributed by atoms with Gasteiger partial charge in [0.1, 0.15) is 17.1 Å². The van der Waals surface area contributed by atoms with Gasteiger partial charge in [0.25, 0.3) is 0 Å². The molecule has 0 spiro atoms. The van der Waals surface area contributed by atoms with Crippen LogP contribution in [0.3, 0.4) is 0 Å². The second-order valence-corrected chi connectivity index (χ2v) is 8.71. The number of aromatic nitrogens is 4. The smallest absolute Gasteiger partial charge is 0.231 e. The maximum atomic E-state index is 13.7. The van der Waals surface area contributed by atoms with Crippen LogP contribution in [0.2, 0.25) is 0 Å². The molecule has 0 aliphatic carbocycles. The Bertz CT molecular complexity index is 1270. The third-order valence-corrected chi connectivity index (χ3v) is 5.34. The summed E-state index contributed by atoms with van der Waals surface area (Å²) in [7, 11) is -3.49. The fourth-order valence-electron chi connectivity index (χ4n) is 3.50. The van der Waals surface area contributed by atoms with Crippen molar-refractivity contribution in [2.24, 2.45) is 0 Å². The lowest BCUT2D eigenvalue weighted by Crippen LogP contribution is -2.33. The van der Waals surface area contributed by atoms with Gasteiger partial charge in [-0.2, -0.15) is 0 Å². The molecule has 0 radical (unpaired) electrons. The summed E-state index contributed by atoms with van der Waals surface area (Å²) in [6, 6.07) is 14.6. The average Bonchev–Trinajstić information content (AvgIpc) is 3.28. The van der Waals surface area contributed by atoms with Crippen molar-refractivity contribution in [3.63, 3.8) is 0 Å². The van der Waals surface area contributed by atoms with Crippen LogP contribution in [0, 0.1) is 5.82 Å². The number of hydrogen-bond acceptors (Lipinski definition) is 7. The van der Waals surface area contributed by atoms with Crippen LogP contribution >= 0.6 is 0 Å². The van der Waals surface area contributed by atoms with Gasteiger partial charge in [-0.15, -0.1) is 10.2 Å². The Morgan fingerprint density at radius 2 is 1.87 bits per heavy atom. The second-order valence-electron chi connectivity index (χ2n) is 6.96. The number of anilines is 1. The van der Waals surface area contributed by atoms with Crippen molar-refractivity contribution in [1.82, 2.24) is 20.2 Å². The summed E-state index contributed by atoms with van der Waals surface area (Å²) >= 11 is 0. The van der Waals surface area contributed by atoms with E-state index >= 15 is 0 Å². The zero-order valence-corrected chi connectivity index (χ0v) is 17.3. The summed E-state index contributed by atoms with van der Waals surface area (Å²) in [6.07, 6.45) is 5.82. The van der Waals surface area contributed by atoms with Gasteiger partial charge in [0.2, 0.25) is 22.3 Å². The first-order valence-corrected chi connectivity index (χ1v) is 11.1. The quantitative estimate of drug-likeness (QED) is 0.471. The molecule has 0 amide bonds. The fourth-order valence-corrected chi connectivity index (χ4v) is 3.99. The predicted molar refractivity (Wildman–Crippen MR) is 111 cm³/mol. The number of nitrogens with zero attached hydrogens (tertiary/aromatic N) is 4. The third-order valence-electron chi connectivity index (χ3n) is 4.76. The van der Waals surface area contributed by atoms with Crippen LogP contribution in [0.4, 0.5) is 10.2 Å². The highest BCUT2D eigenvalue weighted by atomic mass is 32.2. The largest absolute Gasteiger partial charge is 0.427 e. The van der Waals surface area contributed by atoms with E-state index in [2.05, 4.69) is 24.9 Å². The molecule has 0 aliphatic heterocycles. The van der Waals surface area contributed by atoms with Crippen molar-refractivity contribution in [1.29, 1.82) is 0 Å². The molecule has 0 saturated heterocycles. The van der Waals surface area contributed by atoms with Crippen molar-refractivity contribution in [3.8, 4) is 0 Å². The summed E-state index contributed by atoms with van der Waals surface area (Å²) in [4.78, 5) is 8.68. The van der Waals surface area contributed by atoms with Crippen LogP contribution < -0.4 is 4.72 Å². The highest BCUT2D eigenvalue weighted by Crippen LogP contribution is 2.40. The molecule has 0 aliphatic rings. The van der Waals surface area contributed by atoms with Crippen LogP contribution in [-0.2, 0) is 21.9 Å². The third kappa shape index (κ3) is 4.43. The molecule has 31 heavy (non-hydrogen) atoms. The molecule has 0 fully saturated rings. The summed E-state index contributed by atoms with van der Waals surface area (Å²) < 4.78 is 45.0. The van der Waals surface area contributed by atoms with Crippen molar-refractivity contribution in [3.05, 3.63) is 102 Å². The monoisotopic (exact) mass is 439 g/mol. The molecule has 4 aromatic rings. The van der Waals surface area contributed by atoms with E-state index in [1.54, 1.807) is 48.8 Å². The number of sulfonamides is 1. The number of halogens is 1. The number of nitrogens with one attached hydrogen (secondary N) is 1. The Morgan fingerprint density at radius 1 is 1.06 bits per heavy atom. The van der Waals surface area contributed by atoms with Gasteiger partial charge < -0.3 is 4.42 Å². The van der Waals surface area contributed by atoms with Gasteiger partial charge in [-0.3, -0.25) is 9.71 Å². The molecule has 0 bridgehead atoms. The Kier molecular flexibility index (Phi) is 5.47. The molecule has 158 valence electrons. The van der Waals surface area contributed by atoms with Gasteiger partial charge in [-0.25, -0.2) is 17.8 Å². The number of rotatable bonds is 7. The van der Waals surface area contributed by atoms with Gasteiger partial charge in [0, 0.05) is 24.5 Å². The van der Waals surface area contributed by atoms with E-state index in [0.717, 1.165) is 11.8 Å². The number of hydrogen-bond donors (Lipinski definition) is 1. The molecular formula is C21H18FN5O3S. The van der Waals surface area contributed by atoms with E-state index < -0.39 is 15.4 Å². The second kappa shape index (κ2) is 8.23. The topological polar surface area (TPSA) is 111 Å². The number of pyridine rings is 2. The van der Waals surface area contributed by atoms with Gasteiger partial charge in [-0.1, -0.05) is 24.3 Å². The van der Waals surface area contributed by atoms with Crippen LogP contribution in [0.1, 0.15) is 22.7 Å². The Labute approximate surface area is 178 Å². The summed E-state index contributed by atoms with van der Waals surface area (Å²) in [5.41, 5.74) is 0.943. The van der Waals surface area contributed by atoms with Crippen LogP contribution in [0.5, 0.6) is 0 Å². The minimum absolute atomic E-state index is 0.185.